The Morgan fingerprint density at radius 1 is 1.21 bits per heavy atom. The molecule has 0 amide bonds. The standard InChI is InChI=1S/C11H22N2O4S2/c1-9(2)11(12)7-13(8-11)19(16,17)10-3-5-18(14,15)6-4-10/h9-10H,3-8,12H2,1-2H3. The van der Waals surface area contributed by atoms with Crippen LogP contribution in [0.3, 0.4) is 0 Å². The minimum Gasteiger partial charge on any atom is -0.323 e. The van der Waals surface area contributed by atoms with E-state index in [9.17, 15) is 16.8 Å². The number of sulfone groups is 1. The lowest BCUT2D eigenvalue weighted by Gasteiger charge is -2.50. The molecule has 0 bridgehead atoms. The van der Waals surface area contributed by atoms with Gasteiger partial charge in [0.1, 0.15) is 9.84 Å². The van der Waals surface area contributed by atoms with Crippen molar-refractivity contribution >= 4 is 19.9 Å². The van der Waals surface area contributed by atoms with Crippen molar-refractivity contribution in [2.75, 3.05) is 24.6 Å². The van der Waals surface area contributed by atoms with Crippen molar-refractivity contribution < 1.29 is 16.8 Å². The Balaban J connectivity index is 2.02. The summed E-state index contributed by atoms with van der Waals surface area (Å²) in [4.78, 5) is 0. The molecule has 112 valence electrons. The largest absolute Gasteiger partial charge is 0.323 e. The first kappa shape index (κ1) is 15.2. The van der Waals surface area contributed by atoms with Gasteiger partial charge < -0.3 is 5.73 Å². The average Bonchev–Trinajstić information content (AvgIpc) is 2.23. The summed E-state index contributed by atoms with van der Waals surface area (Å²) in [5, 5.41) is -0.562. The third-order valence-electron chi connectivity index (χ3n) is 4.37. The summed E-state index contributed by atoms with van der Waals surface area (Å²) >= 11 is 0. The zero-order chi connectivity index (χ0) is 14.5. The minimum atomic E-state index is -3.39. The molecule has 0 aromatic carbocycles. The van der Waals surface area contributed by atoms with Crippen LogP contribution >= 0.6 is 0 Å². The summed E-state index contributed by atoms with van der Waals surface area (Å²) < 4.78 is 48.8. The Kier molecular flexibility index (Phi) is 3.75. The fraction of sp³-hybridized carbons (Fsp3) is 1.00. The Hall–Kier alpha value is -0.180. The lowest BCUT2D eigenvalue weighted by Crippen LogP contribution is -2.71. The first-order valence-electron chi connectivity index (χ1n) is 6.55. The van der Waals surface area contributed by atoms with E-state index in [2.05, 4.69) is 0 Å². The fourth-order valence-corrected chi connectivity index (χ4v) is 6.42. The SMILES string of the molecule is CC(C)C1(N)CN(S(=O)(=O)C2CCS(=O)(=O)CC2)C1. The number of nitrogens with zero attached hydrogens (tertiary/aromatic N) is 1. The number of hydrogen-bond acceptors (Lipinski definition) is 5. The van der Waals surface area contributed by atoms with Crippen molar-refractivity contribution in [3.63, 3.8) is 0 Å². The molecule has 0 atom stereocenters. The van der Waals surface area contributed by atoms with Crippen LogP contribution in [0.15, 0.2) is 0 Å². The second-order valence-corrected chi connectivity index (χ2v) is 10.6. The second kappa shape index (κ2) is 4.68. The van der Waals surface area contributed by atoms with Gasteiger partial charge in [0.15, 0.2) is 0 Å². The van der Waals surface area contributed by atoms with Gasteiger partial charge in [0.2, 0.25) is 10.0 Å². The van der Waals surface area contributed by atoms with Gasteiger partial charge in [-0.1, -0.05) is 13.8 Å². The van der Waals surface area contributed by atoms with Crippen LogP contribution in [0, 0.1) is 5.92 Å². The summed E-state index contributed by atoms with van der Waals surface area (Å²) in [6.45, 7) is 4.65. The normalized spacial score (nSPS) is 28.2. The number of hydrogen-bond donors (Lipinski definition) is 1. The van der Waals surface area contributed by atoms with Gasteiger partial charge in [0.25, 0.3) is 0 Å². The van der Waals surface area contributed by atoms with Crippen molar-refractivity contribution in [1.82, 2.24) is 4.31 Å². The average molecular weight is 310 g/mol. The maximum atomic E-state index is 12.4. The molecule has 2 N–H and O–H groups in total. The zero-order valence-corrected chi connectivity index (χ0v) is 13.0. The number of nitrogens with two attached hydrogens (primary N) is 1. The molecule has 2 aliphatic heterocycles. The van der Waals surface area contributed by atoms with Crippen LogP contribution in [0.2, 0.25) is 0 Å². The summed E-state index contributed by atoms with van der Waals surface area (Å²) in [5.41, 5.74) is 5.67. The van der Waals surface area contributed by atoms with Crippen molar-refractivity contribution in [1.29, 1.82) is 0 Å². The molecule has 2 fully saturated rings. The van der Waals surface area contributed by atoms with Gasteiger partial charge >= 0.3 is 0 Å². The Bertz CT molecular complexity index is 533. The molecule has 19 heavy (non-hydrogen) atoms. The van der Waals surface area contributed by atoms with Gasteiger partial charge in [-0.25, -0.2) is 16.8 Å². The molecule has 0 saturated carbocycles. The van der Waals surface area contributed by atoms with Gasteiger partial charge in [-0.3, -0.25) is 0 Å². The molecule has 2 rings (SSSR count). The second-order valence-electron chi connectivity index (χ2n) is 6.05. The van der Waals surface area contributed by atoms with E-state index in [1.807, 2.05) is 13.8 Å². The first-order chi connectivity index (χ1) is 8.57. The molecule has 0 spiro atoms. The van der Waals surface area contributed by atoms with Gasteiger partial charge in [0.05, 0.1) is 16.8 Å². The molecule has 0 aliphatic carbocycles. The lowest BCUT2D eigenvalue weighted by atomic mass is 9.82. The van der Waals surface area contributed by atoms with Crippen LogP contribution < -0.4 is 5.73 Å². The molecule has 0 radical (unpaired) electrons. The van der Waals surface area contributed by atoms with Crippen LogP contribution in [0.25, 0.3) is 0 Å². The maximum absolute atomic E-state index is 12.4. The van der Waals surface area contributed by atoms with E-state index in [0.717, 1.165) is 0 Å². The molecule has 0 unspecified atom stereocenters. The predicted molar refractivity (Wildman–Crippen MR) is 73.9 cm³/mol. The van der Waals surface area contributed by atoms with E-state index < -0.39 is 30.6 Å². The van der Waals surface area contributed by atoms with Crippen LogP contribution in [-0.4, -0.2) is 56.5 Å². The molecule has 2 saturated heterocycles. The third kappa shape index (κ3) is 2.81. The van der Waals surface area contributed by atoms with Crippen molar-refractivity contribution in [2.45, 2.75) is 37.5 Å². The van der Waals surface area contributed by atoms with Crippen molar-refractivity contribution in [3.8, 4) is 0 Å². The molecule has 8 heteroatoms. The van der Waals surface area contributed by atoms with E-state index in [4.69, 9.17) is 5.73 Å². The van der Waals surface area contributed by atoms with Crippen LogP contribution in [0.4, 0.5) is 0 Å². The van der Waals surface area contributed by atoms with E-state index >= 15 is 0 Å². The highest BCUT2D eigenvalue weighted by Gasteiger charge is 2.49. The Morgan fingerprint density at radius 2 is 1.68 bits per heavy atom. The predicted octanol–water partition coefficient (Wildman–Crippen LogP) is -0.437. The van der Waals surface area contributed by atoms with Gasteiger partial charge in [0, 0.05) is 18.6 Å². The lowest BCUT2D eigenvalue weighted by molar-refractivity contribution is 0.109. The smallest absolute Gasteiger partial charge is 0.217 e. The summed E-state index contributed by atoms with van der Waals surface area (Å²) in [6.07, 6.45) is 0.417. The quantitative estimate of drug-likeness (QED) is 0.762. The van der Waals surface area contributed by atoms with Crippen molar-refractivity contribution in [3.05, 3.63) is 0 Å². The molecule has 0 aromatic rings. The monoisotopic (exact) mass is 310 g/mol. The fourth-order valence-electron chi connectivity index (χ4n) is 2.53. The molecule has 2 aliphatic rings. The van der Waals surface area contributed by atoms with Crippen LogP contribution in [0.5, 0.6) is 0 Å². The van der Waals surface area contributed by atoms with E-state index in [-0.39, 0.29) is 30.3 Å². The number of sulfonamides is 1. The third-order valence-corrected chi connectivity index (χ3v) is 8.38. The maximum Gasteiger partial charge on any atom is 0.217 e. The Morgan fingerprint density at radius 3 is 2.11 bits per heavy atom. The highest BCUT2D eigenvalue weighted by Crippen LogP contribution is 2.32. The highest BCUT2D eigenvalue weighted by molar-refractivity contribution is 7.92. The molecule has 0 aromatic heterocycles. The molecular weight excluding hydrogens is 288 g/mol. The number of rotatable bonds is 3. The minimum absolute atomic E-state index is 0.0251. The topological polar surface area (TPSA) is 97.5 Å². The first-order valence-corrected chi connectivity index (χ1v) is 9.87. The molecular formula is C11H22N2O4S2. The highest BCUT2D eigenvalue weighted by atomic mass is 32.2. The summed E-state index contributed by atoms with van der Waals surface area (Å²) in [7, 11) is -6.43. The van der Waals surface area contributed by atoms with E-state index in [0.29, 0.717) is 13.1 Å². The summed E-state index contributed by atoms with van der Waals surface area (Å²) in [6, 6.07) is 0. The van der Waals surface area contributed by atoms with Gasteiger partial charge in [-0.05, 0) is 18.8 Å². The Labute approximate surface area is 115 Å². The van der Waals surface area contributed by atoms with Crippen LogP contribution in [0.1, 0.15) is 26.7 Å². The van der Waals surface area contributed by atoms with E-state index in [1.165, 1.54) is 4.31 Å². The molecule has 6 nitrogen and oxygen atoms in total. The van der Waals surface area contributed by atoms with Gasteiger partial charge in [-0.15, -0.1) is 0 Å². The zero-order valence-electron chi connectivity index (χ0n) is 11.4. The van der Waals surface area contributed by atoms with Crippen LogP contribution in [-0.2, 0) is 19.9 Å². The van der Waals surface area contributed by atoms with Crippen molar-refractivity contribution in [2.24, 2.45) is 11.7 Å². The summed E-state index contributed by atoms with van der Waals surface area (Å²) in [5.74, 6) is 0.177. The molecule has 2 heterocycles. The van der Waals surface area contributed by atoms with Gasteiger partial charge in [-0.2, -0.15) is 4.31 Å². The van der Waals surface area contributed by atoms with E-state index in [1.54, 1.807) is 0 Å².